The molecule has 1 amide bonds. The molecule has 1 aromatic heterocycles. The van der Waals surface area contributed by atoms with E-state index in [1.54, 1.807) is 6.20 Å². The van der Waals surface area contributed by atoms with E-state index >= 15 is 0 Å². The van der Waals surface area contributed by atoms with Gasteiger partial charge in [0.1, 0.15) is 5.82 Å². The fraction of sp³-hybridized carbons (Fsp3) is 0.500. The molecule has 5 heteroatoms. The number of anilines is 1. The SMILES string of the molecule is CC(CN)C(=O)NCc1cccnc1N(C)C. The third-order valence-corrected chi connectivity index (χ3v) is 2.55. The van der Waals surface area contributed by atoms with Crippen LogP contribution in [0.25, 0.3) is 0 Å². The standard InChI is InChI=1S/C12H20N4O/c1-9(7-13)12(17)15-8-10-5-4-6-14-11(10)16(2)3/h4-6,9H,7-8,13H2,1-3H3,(H,15,17). The van der Waals surface area contributed by atoms with Gasteiger partial charge in [-0.2, -0.15) is 0 Å². The van der Waals surface area contributed by atoms with Crippen molar-refractivity contribution in [1.29, 1.82) is 0 Å². The maximum absolute atomic E-state index is 11.6. The van der Waals surface area contributed by atoms with E-state index in [0.717, 1.165) is 11.4 Å². The molecule has 17 heavy (non-hydrogen) atoms. The molecule has 0 aliphatic heterocycles. The quantitative estimate of drug-likeness (QED) is 0.774. The number of hydrogen-bond acceptors (Lipinski definition) is 4. The Hall–Kier alpha value is -1.62. The van der Waals surface area contributed by atoms with Gasteiger partial charge in [0.05, 0.1) is 0 Å². The fourth-order valence-electron chi connectivity index (χ4n) is 1.43. The van der Waals surface area contributed by atoms with E-state index in [4.69, 9.17) is 5.73 Å². The summed E-state index contributed by atoms with van der Waals surface area (Å²) in [6.07, 6.45) is 1.74. The molecule has 0 aliphatic carbocycles. The first-order valence-electron chi connectivity index (χ1n) is 5.65. The molecule has 0 fully saturated rings. The van der Waals surface area contributed by atoms with Gasteiger partial charge in [-0.25, -0.2) is 4.98 Å². The molecular weight excluding hydrogens is 216 g/mol. The molecule has 0 aromatic carbocycles. The first-order valence-corrected chi connectivity index (χ1v) is 5.65. The third-order valence-electron chi connectivity index (χ3n) is 2.55. The number of rotatable bonds is 5. The molecule has 94 valence electrons. The van der Waals surface area contributed by atoms with E-state index < -0.39 is 0 Å². The number of pyridine rings is 1. The summed E-state index contributed by atoms with van der Waals surface area (Å²) in [6.45, 7) is 2.65. The van der Waals surface area contributed by atoms with Crippen molar-refractivity contribution in [2.75, 3.05) is 25.5 Å². The Labute approximate surface area is 102 Å². The summed E-state index contributed by atoms with van der Waals surface area (Å²) < 4.78 is 0. The lowest BCUT2D eigenvalue weighted by Gasteiger charge is -2.16. The van der Waals surface area contributed by atoms with Crippen molar-refractivity contribution < 1.29 is 4.79 Å². The summed E-state index contributed by atoms with van der Waals surface area (Å²) in [4.78, 5) is 17.8. The Morgan fingerprint density at radius 2 is 2.29 bits per heavy atom. The lowest BCUT2D eigenvalue weighted by molar-refractivity contribution is -0.124. The summed E-state index contributed by atoms with van der Waals surface area (Å²) >= 11 is 0. The van der Waals surface area contributed by atoms with Gasteiger partial charge < -0.3 is 16.0 Å². The number of carbonyl (C=O) groups is 1. The van der Waals surface area contributed by atoms with Gasteiger partial charge in [-0.05, 0) is 6.07 Å². The zero-order valence-corrected chi connectivity index (χ0v) is 10.6. The molecule has 0 saturated heterocycles. The normalized spacial score (nSPS) is 12.0. The van der Waals surface area contributed by atoms with Crippen molar-refractivity contribution >= 4 is 11.7 Å². The van der Waals surface area contributed by atoms with E-state index in [-0.39, 0.29) is 11.8 Å². The van der Waals surface area contributed by atoms with Crippen molar-refractivity contribution in [3.8, 4) is 0 Å². The third kappa shape index (κ3) is 3.71. The van der Waals surface area contributed by atoms with Gasteiger partial charge in [-0.1, -0.05) is 13.0 Å². The Morgan fingerprint density at radius 3 is 2.88 bits per heavy atom. The van der Waals surface area contributed by atoms with E-state index in [2.05, 4.69) is 10.3 Å². The molecular formula is C12H20N4O. The van der Waals surface area contributed by atoms with Crippen LogP contribution in [0.5, 0.6) is 0 Å². The smallest absolute Gasteiger partial charge is 0.224 e. The molecule has 1 heterocycles. The van der Waals surface area contributed by atoms with Crippen molar-refractivity contribution in [3.63, 3.8) is 0 Å². The molecule has 0 radical (unpaired) electrons. The van der Waals surface area contributed by atoms with Crippen molar-refractivity contribution in [3.05, 3.63) is 23.9 Å². The number of aromatic nitrogens is 1. The Balaban J connectivity index is 2.66. The van der Waals surface area contributed by atoms with Crippen LogP contribution in [0.1, 0.15) is 12.5 Å². The van der Waals surface area contributed by atoms with Gasteiger partial charge in [0.2, 0.25) is 5.91 Å². The predicted octanol–water partition coefficient (Wildman–Crippen LogP) is 0.359. The fourth-order valence-corrected chi connectivity index (χ4v) is 1.43. The Bertz CT molecular complexity index is 379. The zero-order valence-electron chi connectivity index (χ0n) is 10.6. The maximum Gasteiger partial charge on any atom is 0.224 e. The predicted molar refractivity (Wildman–Crippen MR) is 68.6 cm³/mol. The van der Waals surface area contributed by atoms with E-state index in [1.165, 1.54) is 0 Å². The molecule has 0 spiro atoms. The van der Waals surface area contributed by atoms with Gasteiger partial charge in [-0.3, -0.25) is 4.79 Å². The van der Waals surface area contributed by atoms with E-state index in [9.17, 15) is 4.79 Å². The van der Waals surface area contributed by atoms with Crippen LogP contribution in [0.4, 0.5) is 5.82 Å². The summed E-state index contributed by atoms with van der Waals surface area (Å²) in [7, 11) is 3.85. The molecule has 1 aromatic rings. The summed E-state index contributed by atoms with van der Waals surface area (Å²) in [5, 5.41) is 2.86. The zero-order chi connectivity index (χ0) is 12.8. The monoisotopic (exact) mass is 236 g/mol. The first kappa shape index (κ1) is 13.4. The van der Waals surface area contributed by atoms with E-state index in [0.29, 0.717) is 13.1 Å². The van der Waals surface area contributed by atoms with Crippen molar-refractivity contribution in [2.45, 2.75) is 13.5 Å². The average Bonchev–Trinajstić information content (AvgIpc) is 2.35. The Morgan fingerprint density at radius 1 is 1.59 bits per heavy atom. The van der Waals surface area contributed by atoms with Gasteiger partial charge in [0.25, 0.3) is 0 Å². The minimum atomic E-state index is -0.158. The van der Waals surface area contributed by atoms with Gasteiger partial charge >= 0.3 is 0 Å². The number of nitrogens with zero attached hydrogens (tertiary/aromatic N) is 2. The van der Waals surface area contributed by atoms with Crippen LogP contribution < -0.4 is 16.0 Å². The highest BCUT2D eigenvalue weighted by molar-refractivity contribution is 5.78. The molecule has 0 saturated carbocycles. The van der Waals surface area contributed by atoms with Gasteiger partial charge in [0, 0.05) is 44.9 Å². The lowest BCUT2D eigenvalue weighted by atomic mass is 10.1. The number of hydrogen-bond donors (Lipinski definition) is 2. The van der Waals surface area contributed by atoms with Crippen LogP contribution in [0.15, 0.2) is 18.3 Å². The van der Waals surface area contributed by atoms with Crippen LogP contribution in [0.3, 0.4) is 0 Å². The largest absolute Gasteiger partial charge is 0.362 e. The molecule has 3 N–H and O–H groups in total. The minimum Gasteiger partial charge on any atom is -0.362 e. The minimum absolute atomic E-state index is 0.0268. The molecule has 0 bridgehead atoms. The lowest BCUT2D eigenvalue weighted by Crippen LogP contribution is -2.33. The van der Waals surface area contributed by atoms with Crippen LogP contribution in [0, 0.1) is 5.92 Å². The highest BCUT2D eigenvalue weighted by atomic mass is 16.1. The Kier molecular flexibility index (Phi) is 4.90. The number of nitrogens with two attached hydrogens (primary N) is 1. The second-order valence-corrected chi connectivity index (χ2v) is 4.24. The first-order chi connectivity index (χ1) is 8.06. The van der Waals surface area contributed by atoms with Crippen LogP contribution in [0.2, 0.25) is 0 Å². The number of carbonyl (C=O) groups excluding carboxylic acids is 1. The van der Waals surface area contributed by atoms with Crippen LogP contribution >= 0.6 is 0 Å². The van der Waals surface area contributed by atoms with Crippen LogP contribution in [-0.2, 0) is 11.3 Å². The highest BCUT2D eigenvalue weighted by Gasteiger charge is 2.11. The van der Waals surface area contributed by atoms with Crippen molar-refractivity contribution in [2.24, 2.45) is 11.7 Å². The van der Waals surface area contributed by atoms with Gasteiger partial charge in [0.15, 0.2) is 0 Å². The average molecular weight is 236 g/mol. The molecule has 5 nitrogen and oxygen atoms in total. The molecule has 1 unspecified atom stereocenters. The summed E-state index contributed by atoms with van der Waals surface area (Å²) in [6, 6.07) is 3.82. The maximum atomic E-state index is 11.6. The van der Waals surface area contributed by atoms with E-state index in [1.807, 2.05) is 38.1 Å². The highest BCUT2D eigenvalue weighted by Crippen LogP contribution is 2.13. The topological polar surface area (TPSA) is 71.2 Å². The summed E-state index contributed by atoms with van der Waals surface area (Å²) in [5.74, 6) is 0.684. The van der Waals surface area contributed by atoms with Crippen molar-refractivity contribution in [1.82, 2.24) is 10.3 Å². The second-order valence-electron chi connectivity index (χ2n) is 4.24. The van der Waals surface area contributed by atoms with Gasteiger partial charge in [-0.15, -0.1) is 0 Å². The second kappa shape index (κ2) is 6.20. The number of amides is 1. The van der Waals surface area contributed by atoms with Crippen LogP contribution in [-0.4, -0.2) is 31.5 Å². The molecule has 0 aliphatic rings. The molecule has 1 rings (SSSR count). The number of nitrogens with one attached hydrogen (secondary N) is 1. The summed E-state index contributed by atoms with van der Waals surface area (Å²) in [5.41, 5.74) is 6.43. The molecule has 1 atom stereocenters.